The second-order valence-electron chi connectivity index (χ2n) is 11.8. The highest BCUT2D eigenvalue weighted by atomic mass is 16.6. The molecule has 3 heterocycles. The van der Waals surface area contributed by atoms with Gasteiger partial charge in [-0.1, -0.05) is 18.9 Å². The number of hydrogen-bond acceptors (Lipinski definition) is 8. The average molecular weight is 556 g/mol. The van der Waals surface area contributed by atoms with Crippen LogP contribution in [0.25, 0.3) is 0 Å². The van der Waals surface area contributed by atoms with Gasteiger partial charge in [0.05, 0.1) is 11.1 Å². The van der Waals surface area contributed by atoms with Crippen molar-refractivity contribution in [2.75, 3.05) is 31.5 Å². The number of nitrogens with zero attached hydrogens (tertiary/aromatic N) is 2. The number of imide groups is 2. The van der Waals surface area contributed by atoms with Crippen LogP contribution in [0.2, 0.25) is 0 Å². The lowest BCUT2D eigenvalue weighted by atomic mass is 10.0. The van der Waals surface area contributed by atoms with E-state index in [2.05, 4.69) is 20.9 Å². The summed E-state index contributed by atoms with van der Waals surface area (Å²) in [6, 6.07) is 4.38. The summed E-state index contributed by atoms with van der Waals surface area (Å²) in [6.45, 7) is 9.09. The first-order valence-corrected chi connectivity index (χ1v) is 14.3. The number of piperidine rings is 2. The molecule has 0 radical (unpaired) electrons. The van der Waals surface area contributed by atoms with Crippen molar-refractivity contribution in [3.63, 3.8) is 0 Å². The number of carbonyl (C=O) groups excluding carboxylic acids is 5. The van der Waals surface area contributed by atoms with Gasteiger partial charge in [-0.05, 0) is 71.6 Å². The third-order valence-electron chi connectivity index (χ3n) is 7.48. The van der Waals surface area contributed by atoms with E-state index in [4.69, 9.17) is 4.74 Å². The molecule has 11 heteroatoms. The van der Waals surface area contributed by atoms with Crippen molar-refractivity contribution in [1.29, 1.82) is 0 Å². The van der Waals surface area contributed by atoms with Crippen LogP contribution in [0.5, 0.6) is 0 Å². The first kappa shape index (κ1) is 29.5. The third-order valence-corrected chi connectivity index (χ3v) is 7.48. The molecule has 1 unspecified atom stereocenters. The fourth-order valence-electron chi connectivity index (χ4n) is 5.47. The highest BCUT2D eigenvalue weighted by Crippen LogP contribution is 2.33. The van der Waals surface area contributed by atoms with E-state index in [9.17, 15) is 24.0 Å². The number of likely N-dealkylation sites (tertiary alicyclic amines) is 1. The zero-order chi connectivity index (χ0) is 28.9. The summed E-state index contributed by atoms with van der Waals surface area (Å²) < 4.78 is 5.24. The standard InChI is InChI=1S/C29H41N5O6/c1-29(2,3)40-28(39)30-15-6-4-5-7-16-33-17-13-19(14-18-33)31-21-10-8-9-20-24(21)27(38)34(26(20)37)22-11-12-23(35)32-25(22)36/h8-10,19,22,31H,4-7,11-18H2,1-3H3,(H,30,39)(H,32,35,36). The normalized spacial score (nSPS) is 20.4. The van der Waals surface area contributed by atoms with E-state index in [0.29, 0.717) is 23.4 Å². The van der Waals surface area contributed by atoms with Gasteiger partial charge in [0.25, 0.3) is 11.8 Å². The number of rotatable bonds is 10. The molecule has 5 amide bonds. The van der Waals surface area contributed by atoms with Crippen molar-refractivity contribution in [2.24, 2.45) is 0 Å². The number of carbonyl (C=O) groups is 5. The Morgan fingerprint density at radius 3 is 2.42 bits per heavy atom. The smallest absolute Gasteiger partial charge is 0.407 e. The lowest BCUT2D eigenvalue weighted by Crippen LogP contribution is -2.54. The molecule has 3 N–H and O–H groups in total. The molecule has 0 saturated carbocycles. The molecule has 3 aliphatic rings. The number of fused-ring (bicyclic) bond motifs is 1. The van der Waals surface area contributed by atoms with Gasteiger partial charge in [0, 0.05) is 37.8 Å². The van der Waals surface area contributed by atoms with Crippen molar-refractivity contribution in [3.8, 4) is 0 Å². The lowest BCUT2D eigenvalue weighted by Gasteiger charge is -2.33. The van der Waals surface area contributed by atoms with Crippen molar-refractivity contribution in [1.82, 2.24) is 20.4 Å². The maximum Gasteiger partial charge on any atom is 0.407 e. The van der Waals surface area contributed by atoms with Gasteiger partial charge in [-0.2, -0.15) is 0 Å². The maximum atomic E-state index is 13.3. The molecule has 2 saturated heterocycles. The SMILES string of the molecule is CC(C)(C)OC(=O)NCCCCCCN1CCC(Nc2cccc3c2C(=O)N(C2CCC(=O)NC2=O)C3=O)CC1. The number of hydrogen-bond donors (Lipinski definition) is 3. The predicted octanol–water partition coefficient (Wildman–Crippen LogP) is 3.05. The molecule has 0 spiro atoms. The zero-order valence-corrected chi connectivity index (χ0v) is 23.7. The second kappa shape index (κ2) is 12.8. The molecule has 3 aliphatic heterocycles. The summed E-state index contributed by atoms with van der Waals surface area (Å²) in [4.78, 5) is 65.4. The minimum absolute atomic E-state index is 0.0960. The zero-order valence-electron chi connectivity index (χ0n) is 23.7. The Bertz CT molecular complexity index is 1140. The Balaban J connectivity index is 1.19. The highest BCUT2D eigenvalue weighted by Gasteiger charge is 2.45. The fourth-order valence-corrected chi connectivity index (χ4v) is 5.47. The largest absolute Gasteiger partial charge is 0.444 e. The number of amides is 5. The van der Waals surface area contributed by atoms with Gasteiger partial charge >= 0.3 is 6.09 Å². The maximum absolute atomic E-state index is 13.3. The molecule has 0 aliphatic carbocycles. The van der Waals surface area contributed by atoms with Gasteiger partial charge in [0.15, 0.2) is 0 Å². The number of alkyl carbamates (subject to hydrolysis) is 1. The van der Waals surface area contributed by atoms with Crippen LogP contribution in [0.4, 0.5) is 10.5 Å². The monoisotopic (exact) mass is 555 g/mol. The van der Waals surface area contributed by atoms with E-state index in [1.165, 1.54) is 0 Å². The molecule has 218 valence electrons. The lowest BCUT2D eigenvalue weighted by molar-refractivity contribution is -0.136. The van der Waals surface area contributed by atoms with E-state index in [1.807, 2.05) is 26.8 Å². The van der Waals surface area contributed by atoms with E-state index >= 15 is 0 Å². The molecule has 2 fully saturated rings. The Morgan fingerprint density at radius 1 is 1.00 bits per heavy atom. The van der Waals surface area contributed by atoms with E-state index in [0.717, 1.165) is 63.1 Å². The van der Waals surface area contributed by atoms with Crippen molar-refractivity contribution >= 4 is 35.4 Å². The van der Waals surface area contributed by atoms with Crippen LogP contribution in [-0.2, 0) is 14.3 Å². The van der Waals surface area contributed by atoms with Crippen LogP contribution in [0.3, 0.4) is 0 Å². The number of benzene rings is 1. The Morgan fingerprint density at radius 2 is 1.73 bits per heavy atom. The van der Waals surface area contributed by atoms with Crippen LogP contribution >= 0.6 is 0 Å². The van der Waals surface area contributed by atoms with Gasteiger partial charge < -0.3 is 20.3 Å². The number of ether oxygens (including phenoxy) is 1. The average Bonchev–Trinajstić information content (AvgIpc) is 3.14. The first-order valence-electron chi connectivity index (χ1n) is 14.3. The molecular formula is C29H41N5O6. The summed E-state index contributed by atoms with van der Waals surface area (Å²) in [5.74, 6) is -1.98. The number of nitrogens with one attached hydrogen (secondary N) is 3. The molecule has 0 bridgehead atoms. The molecule has 11 nitrogen and oxygen atoms in total. The molecule has 1 aromatic carbocycles. The van der Waals surface area contributed by atoms with Crippen molar-refractivity contribution < 1.29 is 28.7 Å². The molecule has 1 atom stereocenters. The summed E-state index contributed by atoms with van der Waals surface area (Å²) in [7, 11) is 0. The number of unbranched alkanes of at least 4 members (excludes halogenated alkanes) is 3. The topological polar surface area (TPSA) is 137 Å². The van der Waals surface area contributed by atoms with Crippen LogP contribution in [0.1, 0.15) is 92.9 Å². The van der Waals surface area contributed by atoms with Crippen LogP contribution in [0, 0.1) is 0 Å². The van der Waals surface area contributed by atoms with Gasteiger partial charge in [0.2, 0.25) is 11.8 Å². The van der Waals surface area contributed by atoms with Gasteiger partial charge in [-0.25, -0.2) is 4.79 Å². The fraction of sp³-hybridized carbons (Fsp3) is 0.621. The number of anilines is 1. The van der Waals surface area contributed by atoms with Gasteiger partial charge in [0.1, 0.15) is 11.6 Å². The molecule has 1 aromatic rings. The third kappa shape index (κ3) is 7.38. The first-order chi connectivity index (χ1) is 19.0. The van der Waals surface area contributed by atoms with Crippen LogP contribution < -0.4 is 16.0 Å². The van der Waals surface area contributed by atoms with E-state index < -0.39 is 29.4 Å². The van der Waals surface area contributed by atoms with Gasteiger partial charge in [-0.15, -0.1) is 0 Å². The minimum atomic E-state index is -0.970. The summed E-state index contributed by atoms with van der Waals surface area (Å²) in [5.41, 5.74) is 0.729. The molecule has 4 rings (SSSR count). The Labute approximate surface area is 235 Å². The highest BCUT2D eigenvalue weighted by molar-refractivity contribution is 6.25. The Kier molecular flexibility index (Phi) is 9.44. The van der Waals surface area contributed by atoms with Crippen molar-refractivity contribution in [2.45, 2.75) is 89.8 Å². The summed E-state index contributed by atoms with van der Waals surface area (Å²) in [6.07, 6.45) is 5.88. The predicted molar refractivity (Wildman–Crippen MR) is 149 cm³/mol. The van der Waals surface area contributed by atoms with Crippen molar-refractivity contribution in [3.05, 3.63) is 29.3 Å². The van der Waals surface area contributed by atoms with Gasteiger partial charge in [-0.3, -0.25) is 29.4 Å². The quantitative estimate of drug-likeness (QED) is 0.296. The van der Waals surface area contributed by atoms with E-state index in [1.54, 1.807) is 12.1 Å². The van der Waals surface area contributed by atoms with Crippen LogP contribution in [0.15, 0.2) is 18.2 Å². The molecule has 0 aromatic heterocycles. The molecule has 40 heavy (non-hydrogen) atoms. The minimum Gasteiger partial charge on any atom is -0.444 e. The summed E-state index contributed by atoms with van der Waals surface area (Å²) >= 11 is 0. The van der Waals surface area contributed by atoms with Crippen LogP contribution in [-0.4, -0.2) is 83.4 Å². The second-order valence-corrected chi connectivity index (χ2v) is 11.8. The Hall–Kier alpha value is -3.47. The molecular weight excluding hydrogens is 514 g/mol. The summed E-state index contributed by atoms with van der Waals surface area (Å²) in [5, 5.41) is 8.51. The van der Waals surface area contributed by atoms with E-state index in [-0.39, 0.29) is 30.9 Å².